The molecule has 0 aliphatic rings. The van der Waals surface area contributed by atoms with Gasteiger partial charge < -0.3 is 10.9 Å². The number of hydrogen-bond acceptors (Lipinski definition) is 6. The van der Waals surface area contributed by atoms with Gasteiger partial charge >= 0.3 is 0 Å². The van der Waals surface area contributed by atoms with Crippen LogP contribution < -0.4 is 5.73 Å². The number of aryl methyl sites for hydroxylation is 1. The van der Waals surface area contributed by atoms with Crippen LogP contribution in [0, 0.1) is 6.92 Å². The summed E-state index contributed by atoms with van der Waals surface area (Å²) < 4.78 is 1.48. The van der Waals surface area contributed by atoms with Gasteiger partial charge in [0, 0.05) is 5.38 Å². The van der Waals surface area contributed by atoms with Gasteiger partial charge in [-0.2, -0.15) is 4.68 Å². The fourth-order valence-corrected chi connectivity index (χ4v) is 1.69. The fourth-order valence-electron chi connectivity index (χ4n) is 0.964. The predicted molar refractivity (Wildman–Crippen MR) is 54.3 cm³/mol. The molecule has 0 amide bonds. The van der Waals surface area contributed by atoms with Crippen molar-refractivity contribution in [1.82, 2.24) is 19.7 Å². The Balaban J connectivity index is 2.35. The molecule has 8 heteroatoms. The number of nitrogens with two attached hydrogens (primary N) is 1. The van der Waals surface area contributed by atoms with Crippen LogP contribution in [0.2, 0.25) is 0 Å². The minimum absolute atomic E-state index is 0.123. The highest BCUT2D eigenvalue weighted by Gasteiger charge is 2.08. The first-order chi connectivity index (χ1) is 7.20. The van der Waals surface area contributed by atoms with Crippen LogP contribution in [0.5, 0.6) is 0 Å². The fraction of sp³-hybridized carbons (Fsp3) is 0.143. The average molecular weight is 224 g/mol. The molecule has 0 unspecified atom stereocenters. The third-order valence-electron chi connectivity index (χ3n) is 1.63. The van der Waals surface area contributed by atoms with Gasteiger partial charge in [0.05, 0.1) is 5.69 Å². The molecule has 7 nitrogen and oxygen atoms in total. The zero-order valence-corrected chi connectivity index (χ0v) is 8.64. The van der Waals surface area contributed by atoms with Crippen molar-refractivity contribution in [2.45, 2.75) is 6.92 Å². The van der Waals surface area contributed by atoms with E-state index in [2.05, 4.69) is 20.2 Å². The normalized spacial score (nSPS) is 11.9. The summed E-state index contributed by atoms with van der Waals surface area (Å²) in [6.45, 7) is 1.89. The van der Waals surface area contributed by atoms with E-state index < -0.39 is 0 Å². The molecule has 2 aromatic heterocycles. The zero-order chi connectivity index (χ0) is 10.8. The lowest BCUT2D eigenvalue weighted by atomic mass is 10.6. The maximum absolute atomic E-state index is 8.43. The van der Waals surface area contributed by atoms with E-state index >= 15 is 0 Å². The van der Waals surface area contributed by atoms with Gasteiger partial charge in [-0.3, -0.25) is 0 Å². The Morgan fingerprint density at radius 2 is 2.47 bits per heavy atom. The molecule has 0 saturated heterocycles. The second-order valence-electron chi connectivity index (χ2n) is 2.77. The number of nitrogens with zero attached hydrogens (tertiary/aromatic N) is 5. The standard InChI is InChI=1S/C7H8N6OS/c1-4-2-15-7(10-4)13-3-9-6(11-13)5(8)12-14/h2-3,14H,1H3,(H2,8,12). The van der Waals surface area contributed by atoms with Gasteiger partial charge in [0.1, 0.15) is 6.33 Å². The van der Waals surface area contributed by atoms with Crippen molar-refractivity contribution in [2.75, 3.05) is 0 Å². The molecule has 78 valence electrons. The van der Waals surface area contributed by atoms with Crippen molar-refractivity contribution in [3.8, 4) is 5.13 Å². The molecule has 0 fully saturated rings. The first kappa shape index (κ1) is 9.59. The van der Waals surface area contributed by atoms with Gasteiger partial charge in [0.25, 0.3) is 0 Å². The van der Waals surface area contributed by atoms with Gasteiger partial charge in [0.15, 0.2) is 0 Å². The Morgan fingerprint density at radius 1 is 1.67 bits per heavy atom. The largest absolute Gasteiger partial charge is 0.409 e. The van der Waals surface area contributed by atoms with Crippen LogP contribution in [-0.4, -0.2) is 30.8 Å². The molecule has 2 rings (SSSR count). The summed E-state index contributed by atoms with van der Waals surface area (Å²) in [5, 5.41) is 17.8. The Morgan fingerprint density at radius 3 is 3.07 bits per heavy atom. The van der Waals surface area contributed by atoms with Crippen LogP contribution in [0.25, 0.3) is 5.13 Å². The van der Waals surface area contributed by atoms with E-state index in [0.717, 1.165) is 5.69 Å². The number of hydrogen-bond donors (Lipinski definition) is 2. The van der Waals surface area contributed by atoms with Gasteiger partial charge in [0.2, 0.25) is 16.8 Å². The third kappa shape index (κ3) is 1.79. The number of amidine groups is 1. The number of thiazole rings is 1. The van der Waals surface area contributed by atoms with Gasteiger partial charge in [-0.15, -0.1) is 16.4 Å². The molecule has 0 saturated carbocycles. The smallest absolute Gasteiger partial charge is 0.220 e. The topological polar surface area (TPSA) is 102 Å². The van der Waals surface area contributed by atoms with Crippen molar-refractivity contribution >= 4 is 17.2 Å². The molecule has 2 aromatic rings. The molecule has 0 aliphatic heterocycles. The van der Waals surface area contributed by atoms with E-state index in [1.165, 1.54) is 22.3 Å². The second kappa shape index (κ2) is 3.65. The van der Waals surface area contributed by atoms with Gasteiger partial charge in [-0.25, -0.2) is 9.97 Å². The molecule has 0 atom stereocenters. The van der Waals surface area contributed by atoms with E-state index in [0.29, 0.717) is 5.13 Å². The highest BCUT2D eigenvalue weighted by Crippen LogP contribution is 2.12. The molecule has 0 spiro atoms. The SMILES string of the molecule is Cc1csc(-n2cnc(C(N)=NO)n2)n1. The Bertz CT molecular complexity index is 501. The molecular formula is C7H8N6OS. The molecule has 15 heavy (non-hydrogen) atoms. The molecule has 0 aromatic carbocycles. The van der Waals surface area contributed by atoms with Gasteiger partial charge in [-0.05, 0) is 6.92 Å². The quantitative estimate of drug-likeness (QED) is 0.326. The average Bonchev–Trinajstić information content (AvgIpc) is 2.84. The Kier molecular flexibility index (Phi) is 2.34. The first-order valence-corrected chi connectivity index (χ1v) is 4.90. The van der Waals surface area contributed by atoms with E-state index in [9.17, 15) is 0 Å². The van der Waals surface area contributed by atoms with E-state index in [1.54, 1.807) is 0 Å². The van der Waals surface area contributed by atoms with E-state index in [4.69, 9.17) is 10.9 Å². The lowest BCUT2D eigenvalue weighted by Gasteiger charge is -1.91. The van der Waals surface area contributed by atoms with Crippen molar-refractivity contribution in [3.05, 3.63) is 23.2 Å². The van der Waals surface area contributed by atoms with Crippen LogP contribution in [0.1, 0.15) is 11.5 Å². The Labute approximate surface area is 88.9 Å². The summed E-state index contributed by atoms with van der Waals surface area (Å²) in [6.07, 6.45) is 1.46. The monoisotopic (exact) mass is 224 g/mol. The van der Waals surface area contributed by atoms with E-state index in [1.807, 2.05) is 12.3 Å². The summed E-state index contributed by atoms with van der Waals surface area (Å²) in [5.41, 5.74) is 6.25. The molecule has 0 bridgehead atoms. The number of oxime groups is 1. The summed E-state index contributed by atoms with van der Waals surface area (Å²) >= 11 is 1.44. The molecule has 0 radical (unpaired) electrons. The van der Waals surface area contributed by atoms with Crippen LogP contribution in [0.15, 0.2) is 16.9 Å². The lowest BCUT2D eigenvalue weighted by Crippen LogP contribution is -2.15. The molecular weight excluding hydrogens is 216 g/mol. The summed E-state index contributed by atoms with van der Waals surface area (Å²) in [6, 6.07) is 0. The summed E-state index contributed by atoms with van der Waals surface area (Å²) in [7, 11) is 0. The lowest BCUT2D eigenvalue weighted by molar-refractivity contribution is 0.318. The van der Waals surface area contributed by atoms with Crippen LogP contribution in [0.4, 0.5) is 0 Å². The summed E-state index contributed by atoms with van der Waals surface area (Å²) in [5.74, 6) is 0.0485. The third-order valence-corrected chi connectivity index (χ3v) is 2.58. The van der Waals surface area contributed by atoms with Gasteiger partial charge in [-0.1, -0.05) is 5.16 Å². The molecule has 3 N–H and O–H groups in total. The van der Waals surface area contributed by atoms with E-state index in [-0.39, 0.29) is 11.7 Å². The van der Waals surface area contributed by atoms with Crippen molar-refractivity contribution < 1.29 is 5.21 Å². The second-order valence-corrected chi connectivity index (χ2v) is 3.61. The van der Waals surface area contributed by atoms with Crippen molar-refractivity contribution in [2.24, 2.45) is 10.9 Å². The van der Waals surface area contributed by atoms with Crippen LogP contribution in [0.3, 0.4) is 0 Å². The van der Waals surface area contributed by atoms with Crippen molar-refractivity contribution in [3.63, 3.8) is 0 Å². The van der Waals surface area contributed by atoms with Crippen LogP contribution >= 0.6 is 11.3 Å². The maximum atomic E-state index is 8.43. The molecule has 0 aliphatic carbocycles. The van der Waals surface area contributed by atoms with Crippen LogP contribution in [-0.2, 0) is 0 Å². The minimum atomic E-state index is -0.123. The highest BCUT2D eigenvalue weighted by atomic mass is 32.1. The number of aromatic nitrogens is 4. The molecule has 2 heterocycles. The maximum Gasteiger partial charge on any atom is 0.220 e. The Hall–Kier alpha value is -1.96. The summed E-state index contributed by atoms with van der Waals surface area (Å²) in [4.78, 5) is 8.09. The highest BCUT2D eigenvalue weighted by molar-refractivity contribution is 7.12. The first-order valence-electron chi connectivity index (χ1n) is 4.03. The number of rotatable bonds is 2. The van der Waals surface area contributed by atoms with Crippen molar-refractivity contribution in [1.29, 1.82) is 0 Å². The minimum Gasteiger partial charge on any atom is -0.409 e. The predicted octanol–water partition coefficient (Wildman–Crippen LogP) is 0.127. The zero-order valence-electron chi connectivity index (χ0n) is 7.82.